The fourth-order valence-corrected chi connectivity index (χ4v) is 1.74. The topological polar surface area (TPSA) is 68.5 Å². The van der Waals surface area contributed by atoms with E-state index in [0.717, 1.165) is 0 Å². The van der Waals surface area contributed by atoms with Gasteiger partial charge in [-0.15, -0.1) is 0 Å². The van der Waals surface area contributed by atoms with Crippen molar-refractivity contribution in [2.45, 2.75) is 12.2 Å². The van der Waals surface area contributed by atoms with E-state index in [2.05, 4.69) is 5.32 Å². The van der Waals surface area contributed by atoms with Crippen molar-refractivity contribution >= 4 is 29.3 Å². The van der Waals surface area contributed by atoms with Crippen LogP contribution in [0.15, 0.2) is 47.1 Å². The number of ether oxygens (including phenoxy) is 1. The number of esters is 1. The first-order valence-corrected chi connectivity index (χ1v) is 7.58. The van der Waals surface area contributed by atoms with Gasteiger partial charge in [0.2, 0.25) is 0 Å². The number of hydrogen-bond donors (Lipinski definition) is 1. The van der Waals surface area contributed by atoms with Crippen LogP contribution in [0.3, 0.4) is 0 Å². The molecule has 1 atom stereocenters. The summed E-state index contributed by atoms with van der Waals surface area (Å²) < 4.78 is 10.2. The smallest absolute Gasteiger partial charge is 0.324 e. The van der Waals surface area contributed by atoms with Crippen LogP contribution in [0.1, 0.15) is 17.5 Å². The Morgan fingerprint density at radius 1 is 1.24 bits per heavy atom. The van der Waals surface area contributed by atoms with Crippen LogP contribution in [0.5, 0.6) is 5.75 Å². The van der Waals surface area contributed by atoms with Gasteiger partial charge in [-0.2, -0.15) is 11.8 Å². The van der Waals surface area contributed by atoms with E-state index in [0.29, 0.717) is 11.4 Å². The zero-order valence-corrected chi connectivity index (χ0v) is 12.5. The SMILES string of the molecule is CSC(C)C(=O)Oc1ccc(NC(=O)c2ccco2)cc1. The molecule has 0 aliphatic carbocycles. The quantitative estimate of drug-likeness (QED) is 0.678. The van der Waals surface area contributed by atoms with Crippen molar-refractivity contribution in [3.05, 3.63) is 48.4 Å². The number of thioether (sulfide) groups is 1. The first-order valence-electron chi connectivity index (χ1n) is 6.29. The van der Waals surface area contributed by atoms with Gasteiger partial charge < -0.3 is 14.5 Å². The molecule has 0 saturated carbocycles. The van der Waals surface area contributed by atoms with Gasteiger partial charge in [-0.1, -0.05) is 0 Å². The van der Waals surface area contributed by atoms with E-state index in [1.807, 2.05) is 6.26 Å². The molecular formula is C15H15NO4S. The van der Waals surface area contributed by atoms with Gasteiger partial charge in [-0.3, -0.25) is 9.59 Å². The summed E-state index contributed by atoms with van der Waals surface area (Å²) in [5, 5.41) is 2.46. The molecule has 0 fully saturated rings. The van der Waals surface area contributed by atoms with E-state index in [9.17, 15) is 9.59 Å². The van der Waals surface area contributed by atoms with Crippen LogP contribution in [0, 0.1) is 0 Å². The van der Waals surface area contributed by atoms with Gasteiger partial charge in [0.05, 0.1) is 11.5 Å². The van der Waals surface area contributed by atoms with Crippen molar-refractivity contribution < 1.29 is 18.7 Å². The number of carbonyl (C=O) groups excluding carboxylic acids is 2. The second kappa shape index (κ2) is 6.99. The number of hydrogen-bond acceptors (Lipinski definition) is 5. The largest absolute Gasteiger partial charge is 0.459 e. The predicted molar refractivity (Wildman–Crippen MR) is 81.7 cm³/mol. The highest BCUT2D eigenvalue weighted by Gasteiger charge is 2.14. The molecule has 0 radical (unpaired) electrons. The summed E-state index contributed by atoms with van der Waals surface area (Å²) in [6, 6.07) is 9.80. The Bertz CT molecular complexity index is 607. The molecule has 1 amide bonds. The molecule has 1 N–H and O–H groups in total. The molecule has 0 bridgehead atoms. The van der Waals surface area contributed by atoms with Gasteiger partial charge in [-0.25, -0.2) is 0 Å². The number of rotatable bonds is 5. The molecule has 1 heterocycles. The normalized spacial score (nSPS) is 11.7. The third-order valence-electron chi connectivity index (χ3n) is 2.76. The molecule has 2 aromatic rings. The van der Waals surface area contributed by atoms with Crippen molar-refractivity contribution in [2.24, 2.45) is 0 Å². The fourth-order valence-electron chi connectivity index (χ4n) is 1.50. The molecule has 110 valence electrons. The third kappa shape index (κ3) is 4.13. The molecule has 1 aromatic heterocycles. The van der Waals surface area contributed by atoms with E-state index in [4.69, 9.17) is 9.15 Å². The monoisotopic (exact) mass is 305 g/mol. The average Bonchev–Trinajstić information content (AvgIpc) is 3.02. The lowest BCUT2D eigenvalue weighted by atomic mass is 10.3. The lowest BCUT2D eigenvalue weighted by Gasteiger charge is -2.09. The van der Waals surface area contributed by atoms with E-state index in [-0.39, 0.29) is 22.9 Å². The molecule has 1 unspecified atom stereocenters. The lowest BCUT2D eigenvalue weighted by molar-refractivity contribution is -0.133. The molecular weight excluding hydrogens is 290 g/mol. The predicted octanol–water partition coefficient (Wildman–Crippen LogP) is 3.19. The van der Waals surface area contributed by atoms with Crippen molar-refractivity contribution in [1.29, 1.82) is 0 Å². The number of anilines is 1. The van der Waals surface area contributed by atoms with Crippen molar-refractivity contribution in [1.82, 2.24) is 0 Å². The van der Waals surface area contributed by atoms with Crippen LogP contribution in [0.4, 0.5) is 5.69 Å². The summed E-state index contributed by atoms with van der Waals surface area (Å²) in [6.45, 7) is 1.78. The van der Waals surface area contributed by atoms with Crippen LogP contribution < -0.4 is 10.1 Å². The number of benzene rings is 1. The summed E-state index contributed by atoms with van der Waals surface area (Å²) in [5.41, 5.74) is 0.592. The van der Waals surface area contributed by atoms with E-state index < -0.39 is 0 Å². The number of furan rings is 1. The Kier molecular flexibility index (Phi) is 5.05. The first kappa shape index (κ1) is 15.2. The van der Waals surface area contributed by atoms with Crippen LogP contribution in [0.2, 0.25) is 0 Å². The minimum Gasteiger partial charge on any atom is -0.459 e. The molecule has 0 saturated heterocycles. The Balaban J connectivity index is 1.96. The lowest BCUT2D eigenvalue weighted by Crippen LogP contribution is -2.19. The summed E-state index contributed by atoms with van der Waals surface area (Å²) >= 11 is 1.42. The molecule has 5 nitrogen and oxygen atoms in total. The van der Waals surface area contributed by atoms with Crippen molar-refractivity contribution in [2.75, 3.05) is 11.6 Å². The third-order valence-corrected chi connectivity index (χ3v) is 3.66. The Morgan fingerprint density at radius 2 is 1.95 bits per heavy atom. The molecule has 0 aliphatic heterocycles. The number of amides is 1. The van der Waals surface area contributed by atoms with E-state index in [1.54, 1.807) is 43.3 Å². The fraction of sp³-hybridized carbons (Fsp3) is 0.200. The summed E-state index contributed by atoms with van der Waals surface area (Å²) in [5.74, 6) is 0.0480. The standard InChI is InChI=1S/C15H15NO4S/c1-10(21-2)15(18)20-12-7-5-11(6-8-12)16-14(17)13-4-3-9-19-13/h3-10H,1-2H3,(H,16,17). The molecule has 2 rings (SSSR count). The molecule has 21 heavy (non-hydrogen) atoms. The second-order valence-electron chi connectivity index (χ2n) is 4.25. The maximum atomic E-state index is 11.8. The van der Waals surface area contributed by atoms with Gasteiger partial charge in [0.15, 0.2) is 5.76 Å². The van der Waals surface area contributed by atoms with E-state index in [1.165, 1.54) is 18.0 Å². The van der Waals surface area contributed by atoms with Crippen molar-refractivity contribution in [3.63, 3.8) is 0 Å². The van der Waals surface area contributed by atoms with Gasteiger partial charge >= 0.3 is 5.97 Å². The molecule has 0 spiro atoms. The summed E-state index contributed by atoms with van der Waals surface area (Å²) in [4.78, 5) is 23.4. The van der Waals surface area contributed by atoms with E-state index >= 15 is 0 Å². The highest BCUT2D eigenvalue weighted by molar-refractivity contribution is 7.99. The second-order valence-corrected chi connectivity index (χ2v) is 5.43. The summed E-state index contributed by atoms with van der Waals surface area (Å²) in [6.07, 6.45) is 3.28. The number of carbonyl (C=O) groups is 2. The maximum absolute atomic E-state index is 11.8. The minimum absolute atomic E-state index is 0.219. The Labute approximate surface area is 126 Å². The highest BCUT2D eigenvalue weighted by Crippen LogP contribution is 2.18. The maximum Gasteiger partial charge on any atom is 0.324 e. The zero-order valence-electron chi connectivity index (χ0n) is 11.7. The number of nitrogens with one attached hydrogen (secondary N) is 1. The van der Waals surface area contributed by atoms with Gasteiger partial charge in [-0.05, 0) is 49.6 Å². The van der Waals surface area contributed by atoms with Gasteiger partial charge in [0.1, 0.15) is 5.75 Å². The average molecular weight is 305 g/mol. The van der Waals surface area contributed by atoms with Crippen LogP contribution in [-0.4, -0.2) is 23.4 Å². The van der Waals surface area contributed by atoms with Crippen LogP contribution in [-0.2, 0) is 4.79 Å². The molecule has 6 heteroatoms. The Hall–Kier alpha value is -2.21. The first-order chi connectivity index (χ1) is 10.1. The molecule has 1 aromatic carbocycles. The zero-order chi connectivity index (χ0) is 15.2. The van der Waals surface area contributed by atoms with Gasteiger partial charge in [0, 0.05) is 5.69 Å². The highest BCUT2D eigenvalue weighted by atomic mass is 32.2. The summed E-state index contributed by atoms with van der Waals surface area (Å²) in [7, 11) is 0. The van der Waals surface area contributed by atoms with Gasteiger partial charge in [0.25, 0.3) is 5.91 Å². The van der Waals surface area contributed by atoms with Crippen LogP contribution in [0.25, 0.3) is 0 Å². The molecule has 0 aliphatic rings. The van der Waals surface area contributed by atoms with Crippen LogP contribution >= 0.6 is 11.8 Å². The Morgan fingerprint density at radius 3 is 2.52 bits per heavy atom. The minimum atomic E-state index is -0.333. The van der Waals surface area contributed by atoms with Crippen molar-refractivity contribution in [3.8, 4) is 5.75 Å².